The monoisotopic (exact) mass is 337 g/mol. The molecule has 20 heavy (non-hydrogen) atoms. The maximum Gasteiger partial charge on any atom is 0.165 e. The second-order valence-electron chi connectivity index (χ2n) is 4.66. The Balaban J connectivity index is 2.22. The van der Waals surface area contributed by atoms with Crippen molar-refractivity contribution in [3.05, 3.63) is 63.9 Å². The molecule has 1 atom stereocenters. The van der Waals surface area contributed by atoms with Gasteiger partial charge in [0.05, 0.1) is 7.11 Å². The highest BCUT2D eigenvalue weighted by molar-refractivity contribution is 9.10. The molecular formula is C16H17BrFNO. The number of rotatable bonds is 5. The van der Waals surface area contributed by atoms with Gasteiger partial charge in [0.2, 0.25) is 0 Å². The van der Waals surface area contributed by atoms with Crippen molar-refractivity contribution in [1.29, 1.82) is 0 Å². The maximum atomic E-state index is 13.8. The van der Waals surface area contributed by atoms with Crippen LogP contribution < -0.4 is 10.5 Å². The topological polar surface area (TPSA) is 35.2 Å². The van der Waals surface area contributed by atoms with Crippen molar-refractivity contribution in [2.24, 2.45) is 5.73 Å². The predicted molar refractivity (Wildman–Crippen MR) is 82.6 cm³/mol. The Morgan fingerprint density at radius 2 is 2.05 bits per heavy atom. The lowest BCUT2D eigenvalue weighted by atomic mass is 9.92. The SMILES string of the molecule is COc1ccc(C(CN)Cc2cccc(Br)c2)cc1F. The number of halogens is 2. The van der Waals surface area contributed by atoms with Crippen molar-refractivity contribution >= 4 is 15.9 Å². The number of ether oxygens (including phenoxy) is 1. The van der Waals surface area contributed by atoms with Gasteiger partial charge in [-0.2, -0.15) is 0 Å². The fourth-order valence-corrected chi connectivity index (χ4v) is 2.67. The van der Waals surface area contributed by atoms with E-state index in [0.717, 1.165) is 16.5 Å². The van der Waals surface area contributed by atoms with E-state index < -0.39 is 0 Å². The molecule has 2 aromatic carbocycles. The smallest absolute Gasteiger partial charge is 0.165 e. The number of hydrogen-bond donors (Lipinski definition) is 1. The van der Waals surface area contributed by atoms with Crippen molar-refractivity contribution in [1.82, 2.24) is 0 Å². The second kappa shape index (κ2) is 6.86. The van der Waals surface area contributed by atoms with Gasteiger partial charge < -0.3 is 10.5 Å². The summed E-state index contributed by atoms with van der Waals surface area (Å²) in [5.41, 5.74) is 7.91. The minimum atomic E-state index is -0.349. The zero-order valence-corrected chi connectivity index (χ0v) is 12.9. The van der Waals surface area contributed by atoms with Crippen LogP contribution in [-0.2, 0) is 6.42 Å². The molecule has 4 heteroatoms. The summed E-state index contributed by atoms with van der Waals surface area (Å²) < 4.78 is 19.7. The Labute approximate surface area is 126 Å². The number of nitrogens with two attached hydrogens (primary N) is 1. The van der Waals surface area contributed by atoms with Gasteiger partial charge in [-0.15, -0.1) is 0 Å². The van der Waals surface area contributed by atoms with E-state index in [1.807, 2.05) is 24.3 Å². The van der Waals surface area contributed by atoms with Crippen LogP contribution in [0.25, 0.3) is 0 Å². The van der Waals surface area contributed by atoms with Crippen LogP contribution in [0.5, 0.6) is 5.75 Å². The lowest BCUT2D eigenvalue weighted by Crippen LogP contribution is -2.15. The van der Waals surface area contributed by atoms with Gasteiger partial charge in [0.15, 0.2) is 11.6 Å². The number of methoxy groups -OCH3 is 1. The summed E-state index contributed by atoms with van der Waals surface area (Å²) in [6.07, 6.45) is 0.779. The van der Waals surface area contributed by atoms with Gasteiger partial charge in [0, 0.05) is 10.4 Å². The highest BCUT2D eigenvalue weighted by atomic mass is 79.9. The van der Waals surface area contributed by atoms with Crippen LogP contribution >= 0.6 is 15.9 Å². The maximum absolute atomic E-state index is 13.8. The van der Waals surface area contributed by atoms with Gasteiger partial charge >= 0.3 is 0 Å². The fraction of sp³-hybridized carbons (Fsp3) is 0.250. The van der Waals surface area contributed by atoms with Gasteiger partial charge in [-0.05, 0) is 48.4 Å². The van der Waals surface area contributed by atoms with Crippen LogP contribution in [0.1, 0.15) is 17.0 Å². The molecule has 0 saturated carbocycles. The zero-order valence-electron chi connectivity index (χ0n) is 11.3. The lowest BCUT2D eigenvalue weighted by Gasteiger charge is -2.16. The fourth-order valence-electron chi connectivity index (χ4n) is 2.22. The molecule has 106 valence electrons. The minimum Gasteiger partial charge on any atom is -0.494 e. The summed E-state index contributed by atoms with van der Waals surface area (Å²) in [5, 5.41) is 0. The van der Waals surface area contributed by atoms with Crippen LogP contribution in [0.3, 0.4) is 0 Å². The van der Waals surface area contributed by atoms with Crippen molar-refractivity contribution in [2.75, 3.05) is 13.7 Å². The molecule has 0 radical (unpaired) electrons. The van der Waals surface area contributed by atoms with E-state index in [9.17, 15) is 4.39 Å². The van der Waals surface area contributed by atoms with Crippen LogP contribution in [0.15, 0.2) is 46.9 Å². The van der Waals surface area contributed by atoms with E-state index in [-0.39, 0.29) is 17.5 Å². The number of hydrogen-bond acceptors (Lipinski definition) is 2. The summed E-state index contributed by atoms with van der Waals surface area (Å²) in [5.74, 6) is -0.00521. The Kier molecular flexibility index (Phi) is 5.15. The molecule has 0 aliphatic heterocycles. The molecule has 0 heterocycles. The third-order valence-electron chi connectivity index (χ3n) is 3.30. The molecule has 0 fully saturated rings. The third kappa shape index (κ3) is 3.58. The van der Waals surface area contributed by atoms with Crippen LogP contribution in [-0.4, -0.2) is 13.7 Å². The largest absolute Gasteiger partial charge is 0.494 e. The van der Waals surface area contributed by atoms with E-state index in [4.69, 9.17) is 10.5 Å². The van der Waals surface area contributed by atoms with Gasteiger partial charge in [0.1, 0.15) is 0 Å². The second-order valence-corrected chi connectivity index (χ2v) is 5.58. The molecule has 2 N–H and O–H groups in total. The average Bonchev–Trinajstić information content (AvgIpc) is 2.44. The molecule has 1 unspecified atom stereocenters. The summed E-state index contributed by atoms with van der Waals surface area (Å²) in [6.45, 7) is 0.471. The standard InChI is InChI=1S/C16H17BrFNO/c1-20-16-6-5-12(9-15(16)18)13(10-19)7-11-3-2-4-14(17)8-11/h2-6,8-9,13H,7,10,19H2,1H3. The normalized spacial score (nSPS) is 12.2. The number of benzene rings is 2. The van der Waals surface area contributed by atoms with Crippen LogP contribution in [0.4, 0.5) is 4.39 Å². The van der Waals surface area contributed by atoms with E-state index in [1.165, 1.54) is 18.7 Å². The molecular weight excluding hydrogens is 321 g/mol. The first-order chi connectivity index (χ1) is 9.63. The molecule has 0 saturated heterocycles. The zero-order chi connectivity index (χ0) is 14.5. The first-order valence-corrected chi connectivity index (χ1v) is 7.21. The van der Waals surface area contributed by atoms with E-state index in [1.54, 1.807) is 6.07 Å². The van der Waals surface area contributed by atoms with Crippen LogP contribution in [0.2, 0.25) is 0 Å². The molecule has 2 aromatic rings. The molecule has 0 aliphatic rings. The lowest BCUT2D eigenvalue weighted by molar-refractivity contribution is 0.386. The minimum absolute atomic E-state index is 0.0877. The molecule has 0 amide bonds. The average molecular weight is 338 g/mol. The first-order valence-electron chi connectivity index (χ1n) is 6.42. The van der Waals surface area contributed by atoms with Crippen LogP contribution in [0, 0.1) is 5.82 Å². The van der Waals surface area contributed by atoms with Crippen molar-refractivity contribution < 1.29 is 9.13 Å². The van der Waals surface area contributed by atoms with E-state index >= 15 is 0 Å². The van der Waals surface area contributed by atoms with Crippen molar-refractivity contribution in [3.8, 4) is 5.75 Å². The summed E-state index contributed by atoms with van der Waals surface area (Å²) in [6, 6.07) is 13.1. The van der Waals surface area contributed by atoms with Crippen molar-refractivity contribution in [3.63, 3.8) is 0 Å². The van der Waals surface area contributed by atoms with E-state index in [2.05, 4.69) is 22.0 Å². The van der Waals surface area contributed by atoms with Gasteiger partial charge in [-0.1, -0.05) is 34.1 Å². The third-order valence-corrected chi connectivity index (χ3v) is 3.80. The molecule has 0 bridgehead atoms. The molecule has 2 rings (SSSR count). The summed E-state index contributed by atoms with van der Waals surface area (Å²) >= 11 is 3.45. The van der Waals surface area contributed by atoms with Gasteiger partial charge in [0.25, 0.3) is 0 Å². The molecule has 0 aromatic heterocycles. The predicted octanol–water partition coefficient (Wildman–Crippen LogP) is 3.88. The van der Waals surface area contributed by atoms with Gasteiger partial charge in [-0.3, -0.25) is 0 Å². The first kappa shape index (κ1) is 15.0. The highest BCUT2D eigenvalue weighted by Crippen LogP contribution is 2.26. The van der Waals surface area contributed by atoms with E-state index in [0.29, 0.717) is 6.54 Å². The molecule has 0 aliphatic carbocycles. The van der Waals surface area contributed by atoms with Gasteiger partial charge in [-0.25, -0.2) is 4.39 Å². The molecule has 2 nitrogen and oxygen atoms in total. The highest BCUT2D eigenvalue weighted by Gasteiger charge is 2.13. The molecule has 0 spiro atoms. The Morgan fingerprint density at radius 3 is 2.65 bits per heavy atom. The van der Waals surface area contributed by atoms with Crippen molar-refractivity contribution in [2.45, 2.75) is 12.3 Å². The Morgan fingerprint density at radius 1 is 1.25 bits per heavy atom. The quantitative estimate of drug-likeness (QED) is 0.898. The Hall–Kier alpha value is -1.39. The summed E-state index contributed by atoms with van der Waals surface area (Å²) in [4.78, 5) is 0. The Bertz CT molecular complexity index is 588. The summed E-state index contributed by atoms with van der Waals surface area (Å²) in [7, 11) is 1.46.